The van der Waals surface area contributed by atoms with E-state index in [1.165, 1.54) is 6.33 Å². The number of hydrogen-bond donors (Lipinski definition) is 0. The van der Waals surface area contributed by atoms with Crippen LogP contribution in [0.3, 0.4) is 0 Å². The first-order valence-corrected chi connectivity index (χ1v) is 8.44. The second-order valence-electron chi connectivity index (χ2n) is 6.82. The molecular formula is C17H20N6O2. The van der Waals surface area contributed by atoms with Gasteiger partial charge < -0.3 is 9.80 Å². The molecule has 8 heteroatoms. The molecule has 25 heavy (non-hydrogen) atoms. The third kappa shape index (κ3) is 2.67. The Balaban J connectivity index is 1.54. The van der Waals surface area contributed by atoms with Gasteiger partial charge in [-0.3, -0.25) is 14.3 Å². The lowest BCUT2D eigenvalue weighted by Gasteiger charge is -2.38. The third-order valence-electron chi connectivity index (χ3n) is 5.19. The average Bonchev–Trinajstić information content (AvgIpc) is 3.20. The molecule has 0 N–H and O–H groups in total. The van der Waals surface area contributed by atoms with Crippen LogP contribution in [-0.4, -0.2) is 56.1 Å². The standard InChI is InChI=1S/C17H20N6O2/c1-21-10-13(7-20-21)15(24)22-5-2-3-17(11-22)4-6-23(16(17)25)14-8-18-12-19-9-14/h7-10,12H,2-6,11H2,1H3. The van der Waals surface area contributed by atoms with Crippen LogP contribution in [0.5, 0.6) is 0 Å². The number of carbonyl (C=O) groups is 2. The third-order valence-corrected chi connectivity index (χ3v) is 5.19. The minimum absolute atomic E-state index is 0.0542. The lowest BCUT2D eigenvalue weighted by molar-refractivity contribution is -0.127. The van der Waals surface area contributed by atoms with Crippen LogP contribution in [0.2, 0.25) is 0 Å². The topological polar surface area (TPSA) is 84.2 Å². The first-order chi connectivity index (χ1) is 12.1. The number of aryl methyl sites for hydroxylation is 1. The molecule has 2 saturated heterocycles. The summed E-state index contributed by atoms with van der Waals surface area (Å²) in [6, 6.07) is 0. The van der Waals surface area contributed by atoms with E-state index in [1.54, 1.807) is 46.3 Å². The molecule has 2 aromatic heterocycles. The van der Waals surface area contributed by atoms with Crippen LogP contribution in [0.4, 0.5) is 5.69 Å². The Hall–Kier alpha value is -2.77. The van der Waals surface area contributed by atoms with Crippen LogP contribution < -0.4 is 4.90 Å². The van der Waals surface area contributed by atoms with Crippen molar-refractivity contribution >= 4 is 17.5 Å². The second-order valence-corrected chi connectivity index (χ2v) is 6.82. The summed E-state index contributed by atoms with van der Waals surface area (Å²) in [4.78, 5) is 37.4. The summed E-state index contributed by atoms with van der Waals surface area (Å²) in [5.74, 6) is 0.0208. The minimum atomic E-state index is -0.494. The SMILES string of the molecule is Cn1cc(C(=O)N2CCCC3(CCN(c4cncnc4)C3=O)C2)cn1. The van der Waals surface area contributed by atoms with Crippen LogP contribution in [0.25, 0.3) is 0 Å². The van der Waals surface area contributed by atoms with E-state index >= 15 is 0 Å². The summed E-state index contributed by atoms with van der Waals surface area (Å²) >= 11 is 0. The predicted octanol–water partition coefficient (Wildman–Crippen LogP) is 0.869. The van der Waals surface area contributed by atoms with Crippen LogP contribution in [0.15, 0.2) is 31.1 Å². The lowest BCUT2D eigenvalue weighted by atomic mass is 9.78. The van der Waals surface area contributed by atoms with E-state index in [0.717, 1.165) is 24.9 Å². The molecule has 2 fully saturated rings. The summed E-state index contributed by atoms with van der Waals surface area (Å²) in [5.41, 5.74) is 0.796. The van der Waals surface area contributed by atoms with Crippen molar-refractivity contribution in [2.24, 2.45) is 12.5 Å². The zero-order valence-corrected chi connectivity index (χ0v) is 14.1. The number of likely N-dealkylation sites (tertiary alicyclic amines) is 1. The van der Waals surface area contributed by atoms with Gasteiger partial charge in [0, 0.05) is 32.9 Å². The van der Waals surface area contributed by atoms with Crippen LogP contribution >= 0.6 is 0 Å². The smallest absolute Gasteiger partial charge is 0.257 e. The van der Waals surface area contributed by atoms with Crippen molar-refractivity contribution in [3.63, 3.8) is 0 Å². The van der Waals surface area contributed by atoms with Crippen molar-refractivity contribution in [3.05, 3.63) is 36.7 Å². The number of nitrogens with zero attached hydrogens (tertiary/aromatic N) is 6. The summed E-state index contributed by atoms with van der Waals surface area (Å²) in [7, 11) is 1.79. The zero-order valence-electron chi connectivity index (χ0n) is 14.1. The average molecular weight is 340 g/mol. The van der Waals surface area contributed by atoms with Crippen molar-refractivity contribution in [3.8, 4) is 0 Å². The monoisotopic (exact) mass is 340 g/mol. The zero-order chi connectivity index (χ0) is 17.4. The predicted molar refractivity (Wildman–Crippen MR) is 89.8 cm³/mol. The number of rotatable bonds is 2. The molecule has 8 nitrogen and oxygen atoms in total. The van der Waals surface area contributed by atoms with E-state index in [4.69, 9.17) is 0 Å². The molecule has 0 bridgehead atoms. The van der Waals surface area contributed by atoms with E-state index < -0.39 is 5.41 Å². The quantitative estimate of drug-likeness (QED) is 0.810. The van der Waals surface area contributed by atoms with Crippen LogP contribution in [0, 0.1) is 5.41 Å². The molecule has 0 saturated carbocycles. The molecule has 2 aliphatic heterocycles. The van der Waals surface area contributed by atoms with Gasteiger partial charge in [0.15, 0.2) is 0 Å². The van der Waals surface area contributed by atoms with E-state index in [1.807, 2.05) is 0 Å². The maximum Gasteiger partial charge on any atom is 0.257 e. The Kier molecular flexibility index (Phi) is 3.74. The number of hydrogen-bond acceptors (Lipinski definition) is 5. The van der Waals surface area contributed by atoms with Gasteiger partial charge >= 0.3 is 0 Å². The fourth-order valence-electron chi connectivity index (χ4n) is 3.90. The molecule has 2 aromatic rings. The van der Waals surface area contributed by atoms with Crippen molar-refractivity contribution in [1.29, 1.82) is 0 Å². The fraction of sp³-hybridized carbons (Fsp3) is 0.471. The van der Waals surface area contributed by atoms with Crippen molar-refractivity contribution in [2.45, 2.75) is 19.3 Å². The Bertz CT molecular complexity index is 804. The van der Waals surface area contributed by atoms with Crippen molar-refractivity contribution in [1.82, 2.24) is 24.6 Å². The Morgan fingerprint density at radius 2 is 1.96 bits per heavy atom. The molecule has 2 amide bonds. The molecule has 2 aliphatic rings. The maximum atomic E-state index is 13.1. The van der Waals surface area contributed by atoms with Crippen molar-refractivity contribution in [2.75, 3.05) is 24.5 Å². The first-order valence-electron chi connectivity index (χ1n) is 8.44. The lowest BCUT2D eigenvalue weighted by Crippen LogP contribution is -2.49. The van der Waals surface area contributed by atoms with E-state index in [0.29, 0.717) is 25.2 Å². The summed E-state index contributed by atoms with van der Waals surface area (Å²) in [5, 5.41) is 4.07. The Morgan fingerprint density at radius 3 is 2.68 bits per heavy atom. The van der Waals surface area contributed by atoms with Gasteiger partial charge in [-0.1, -0.05) is 0 Å². The highest BCUT2D eigenvalue weighted by molar-refractivity contribution is 6.01. The maximum absolute atomic E-state index is 13.1. The van der Waals surface area contributed by atoms with E-state index in [2.05, 4.69) is 15.1 Å². The highest BCUT2D eigenvalue weighted by Crippen LogP contribution is 2.41. The number of amides is 2. The Morgan fingerprint density at radius 1 is 1.16 bits per heavy atom. The van der Waals surface area contributed by atoms with Gasteiger partial charge in [0.2, 0.25) is 5.91 Å². The summed E-state index contributed by atoms with van der Waals surface area (Å²) in [6.07, 6.45) is 10.5. The minimum Gasteiger partial charge on any atom is -0.337 e. The molecule has 1 atom stereocenters. The molecule has 1 spiro atoms. The van der Waals surface area contributed by atoms with Crippen LogP contribution in [0.1, 0.15) is 29.6 Å². The molecule has 4 rings (SSSR count). The number of carbonyl (C=O) groups excluding carboxylic acids is 2. The van der Waals surface area contributed by atoms with Gasteiger partial charge in [-0.15, -0.1) is 0 Å². The van der Waals surface area contributed by atoms with Gasteiger partial charge in [0.05, 0.1) is 35.3 Å². The number of piperidine rings is 1. The molecular weight excluding hydrogens is 320 g/mol. The second kappa shape index (κ2) is 5.94. The number of aromatic nitrogens is 4. The van der Waals surface area contributed by atoms with Gasteiger partial charge in [-0.05, 0) is 19.3 Å². The fourth-order valence-corrected chi connectivity index (χ4v) is 3.90. The normalized spacial score (nSPS) is 23.5. The number of anilines is 1. The summed E-state index contributed by atoms with van der Waals surface area (Å²) in [6.45, 7) is 1.78. The van der Waals surface area contributed by atoms with Gasteiger partial charge in [-0.2, -0.15) is 5.10 Å². The largest absolute Gasteiger partial charge is 0.337 e. The highest BCUT2D eigenvalue weighted by atomic mass is 16.2. The molecule has 0 radical (unpaired) electrons. The molecule has 4 heterocycles. The molecule has 0 aromatic carbocycles. The highest BCUT2D eigenvalue weighted by Gasteiger charge is 2.50. The van der Waals surface area contributed by atoms with Crippen molar-refractivity contribution < 1.29 is 9.59 Å². The first kappa shape index (κ1) is 15.7. The van der Waals surface area contributed by atoms with Gasteiger partial charge in [-0.25, -0.2) is 9.97 Å². The Labute approximate surface area is 145 Å². The molecule has 1 unspecified atom stereocenters. The van der Waals surface area contributed by atoms with Gasteiger partial charge in [0.1, 0.15) is 6.33 Å². The van der Waals surface area contributed by atoms with E-state index in [-0.39, 0.29) is 11.8 Å². The van der Waals surface area contributed by atoms with Crippen LogP contribution in [-0.2, 0) is 11.8 Å². The molecule has 130 valence electrons. The van der Waals surface area contributed by atoms with Gasteiger partial charge in [0.25, 0.3) is 5.91 Å². The molecule has 0 aliphatic carbocycles. The summed E-state index contributed by atoms with van der Waals surface area (Å²) < 4.78 is 1.62. The van der Waals surface area contributed by atoms with E-state index in [9.17, 15) is 9.59 Å².